The number of thiazole rings is 1. The second-order valence-corrected chi connectivity index (χ2v) is 11.3. The Morgan fingerprint density at radius 3 is 2.50 bits per heavy atom. The smallest absolute Gasteiger partial charge is 0.338 e. The van der Waals surface area contributed by atoms with Gasteiger partial charge >= 0.3 is 5.97 Å². The summed E-state index contributed by atoms with van der Waals surface area (Å²) in [5.41, 5.74) is 2.60. The maximum atomic E-state index is 14.2. The van der Waals surface area contributed by atoms with Crippen molar-refractivity contribution in [2.75, 3.05) is 20.8 Å². The van der Waals surface area contributed by atoms with Crippen LogP contribution in [0.25, 0.3) is 6.08 Å². The van der Waals surface area contributed by atoms with Crippen LogP contribution in [0.2, 0.25) is 0 Å². The third kappa shape index (κ3) is 6.71. The van der Waals surface area contributed by atoms with E-state index in [0.717, 1.165) is 17.5 Å². The molecule has 0 amide bonds. The highest BCUT2D eigenvalue weighted by Gasteiger charge is 2.36. The molecule has 1 aliphatic rings. The molecule has 3 aromatic carbocycles. The molecule has 0 aliphatic carbocycles. The predicted octanol–water partition coefficient (Wildman–Crippen LogP) is 5.08. The number of methoxy groups -OCH3 is 2. The molecule has 4 aromatic rings. The van der Waals surface area contributed by atoms with E-state index in [4.69, 9.17) is 23.9 Å². The quantitative estimate of drug-likeness (QED) is 0.119. The highest BCUT2D eigenvalue weighted by Crippen LogP contribution is 2.38. The number of allylic oxidation sites excluding steroid dienone is 1. The Morgan fingerprint density at radius 2 is 1.83 bits per heavy atom. The van der Waals surface area contributed by atoms with Gasteiger partial charge in [-0.05, 0) is 73.0 Å². The topological polar surface area (TPSA) is 131 Å². The fraction of sp³-hybridized carbons (Fsp3) is 0.265. The maximum Gasteiger partial charge on any atom is 0.338 e. The highest BCUT2D eigenvalue weighted by molar-refractivity contribution is 7.07. The number of hydrogen-bond acceptors (Lipinski definition) is 10. The molecule has 1 aliphatic heterocycles. The average Bonchev–Trinajstić information content (AvgIpc) is 3.37. The average molecular weight is 644 g/mol. The van der Waals surface area contributed by atoms with Gasteiger partial charge in [0.2, 0.25) is 0 Å². The van der Waals surface area contributed by atoms with E-state index in [1.165, 1.54) is 35.1 Å². The number of fused-ring (bicyclic) bond motifs is 1. The van der Waals surface area contributed by atoms with Gasteiger partial charge in [-0.25, -0.2) is 9.79 Å². The lowest BCUT2D eigenvalue weighted by atomic mass is 9.93. The number of non-ortho nitro benzene ring substituents is 1. The molecule has 46 heavy (non-hydrogen) atoms. The number of nitrogens with zero attached hydrogens (tertiary/aromatic N) is 3. The fourth-order valence-corrected chi connectivity index (χ4v) is 6.21. The fourth-order valence-electron chi connectivity index (χ4n) is 5.19. The third-order valence-corrected chi connectivity index (χ3v) is 8.32. The second-order valence-electron chi connectivity index (χ2n) is 10.3. The van der Waals surface area contributed by atoms with Gasteiger partial charge in [-0.3, -0.25) is 19.5 Å². The summed E-state index contributed by atoms with van der Waals surface area (Å²) >= 11 is 1.23. The number of nitro groups is 1. The van der Waals surface area contributed by atoms with Crippen molar-refractivity contribution in [1.82, 2.24) is 4.57 Å². The summed E-state index contributed by atoms with van der Waals surface area (Å²) in [4.78, 5) is 43.4. The van der Waals surface area contributed by atoms with Gasteiger partial charge in [0.15, 0.2) is 4.80 Å². The molecule has 12 heteroatoms. The minimum atomic E-state index is -0.861. The molecule has 0 saturated carbocycles. The Labute approximate surface area is 268 Å². The van der Waals surface area contributed by atoms with Crippen molar-refractivity contribution in [3.63, 3.8) is 0 Å². The normalized spacial score (nSPS) is 14.3. The van der Waals surface area contributed by atoms with Crippen LogP contribution in [-0.4, -0.2) is 36.3 Å². The van der Waals surface area contributed by atoms with Gasteiger partial charge in [0.25, 0.3) is 11.2 Å². The summed E-state index contributed by atoms with van der Waals surface area (Å²) in [6.07, 6.45) is 3.00. The summed E-state index contributed by atoms with van der Waals surface area (Å²) in [7, 11) is 3.08. The van der Waals surface area contributed by atoms with E-state index in [9.17, 15) is 19.7 Å². The predicted molar refractivity (Wildman–Crippen MR) is 173 cm³/mol. The molecule has 1 atom stereocenters. The summed E-state index contributed by atoms with van der Waals surface area (Å²) in [5.74, 6) is 1.05. The van der Waals surface area contributed by atoms with E-state index in [1.54, 1.807) is 62.6 Å². The van der Waals surface area contributed by atoms with E-state index in [2.05, 4.69) is 0 Å². The zero-order chi connectivity index (χ0) is 32.8. The number of ether oxygens (including phenoxy) is 4. The van der Waals surface area contributed by atoms with Crippen LogP contribution in [0.1, 0.15) is 49.4 Å². The van der Waals surface area contributed by atoms with Crippen molar-refractivity contribution in [2.24, 2.45) is 4.99 Å². The number of rotatable bonds is 12. The van der Waals surface area contributed by atoms with Crippen LogP contribution in [0.4, 0.5) is 5.69 Å². The number of benzene rings is 3. The molecule has 2 heterocycles. The highest BCUT2D eigenvalue weighted by atomic mass is 32.1. The van der Waals surface area contributed by atoms with Crippen molar-refractivity contribution < 1.29 is 28.7 Å². The van der Waals surface area contributed by atoms with Crippen molar-refractivity contribution in [1.29, 1.82) is 0 Å². The molecule has 11 nitrogen and oxygen atoms in total. The minimum absolute atomic E-state index is 0.00971. The summed E-state index contributed by atoms with van der Waals surface area (Å²) in [5, 5.41) is 10.9. The van der Waals surface area contributed by atoms with Gasteiger partial charge in [0, 0.05) is 17.7 Å². The molecule has 0 radical (unpaired) electrons. The third-order valence-electron chi connectivity index (χ3n) is 7.33. The van der Waals surface area contributed by atoms with Crippen LogP contribution in [0.15, 0.2) is 87.8 Å². The van der Waals surface area contributed by atoms with Crippen molar-refractivity contribution >= 4 is 29.1 Å². The van der Waals surface area contributed by atoms with Crippen LogP contribution in [0.3, 0.4) is 0 Å². The molecule has 0 unspecified atom stereocenters. The van der Waals surface area contributed by atoms with Gasteiger partial charge in [-0.1, -0.05) is 36.8 Å². The Hall–Kier alpha value is -5.23. The summed E-state index contributed by atoms with van der Waals surface area (Å²) in [6.45, 7) is 4.11. The molecular weight excluding hydrogens is 610 g/mol. The van der Waals surface area contributed by atoms with Crippen LogP contribution in [0, 0.1) is 10.1 Å². The van der Waals surface area contributed by atoms with Gasteiger partial charge in [-0.2, -0.15) is 0 Å². The van der Waals surface area contributed by atoms with Crippen molar-refractivity contribution in [3.8, 4) is 17.2 Å². The van der Waals surface area contributed by atoms with Gasteiger partial charge < -0.3 is 18.9 Å². The van der Waals surface area contributed by atoms with Crippen LogP contribution < -0.4 is 29.1 Å². The van der Waals surface area contributed by atoms with E-state index >= 15 is 0 Å². The zero-order valence-corrected chi connectivity index (χ0v) is 26.7. The lowest BCUT2D eigenvalue weighted by Gasteiger charge is -2.27. The van der Waals surface area contributed by atoms with Gasteiger partial charge in [0.05, 0.1) is 41.6 Å². The largest absolute Gasteiger partial charge is 0.497 e. The number of aromatic nitrogens is 1. The van der Waals surface area contributed by atoms with E-state index in [0.29, 0.717) is 44.3 Å². The molecule has 0 N–H and O–H groups in total. The van der Waals surface area contributed by atoms with Gasteiger partial charge in [-0.15, -0.1) is 0 Å². The monoisotopic (exact) mass is 643 g/mol. The number of hydrogen-bond donors (Lipinski definition) is 0. The summed E-state index contributed by atoms with van der Waals surface area (Å²) < 4.78 is 24.6. The van der Waals surface area contributed by atoms with Crippen molar-refractivity contribution in [3.05, 3.63) is 124 Å². The SMILES string of the molecule is CCCC1=C(C(=O)OCC)[C@@H](c2cc(OC)ccc2OC)n2c(s/c(=C\c3cccc(OCc4ccc([N+](=O)[O-])cc4)c3)c2=O)=N1. The summed E-state index contributed by atoms with van der Waals surface area (Å²) in [6, 6.07) is 17.8. The minimum Gasteiger partial charge on any atom is -0.497 e. The molecule has 0 saturated heterocycles. The first-order chi connectivity index (χ1) is 22.3. The first kappa shape index (κ1) is 32.2. The second kappa shape index (κ2) is 14.2. The standard InChI is InChI=1S/C34H33N3O8S/c1-5-8-27-30(33(39)44-6-2)31(26-19-24(42-3)15-16-28(26)43-4)36-32(38)29(46-34(36)35-27)18-22-9-7-10-25(17-22)45-20-21-11-13-23(14-12-21)37(40)41/h7,9-19,31H,5-6,8,20H2,1-4H3/b29-18-/t31-/m1/s1. The lowest BCUT2D eigenvalue weighted by Crippen LogP contribution is -2.40. The first-order valence-electron chi connectivity index (χ1n) is 14.7. The Balaban J connectivity index is 1.59. The number of esters is 1. The molecule has 1 aromatic heterocycles. The van der Waals surface area contributed by atoms with E-state index in [1.807, 2.05) is 19.1 Å². The molecule has 5 rings (SSSR count). The van der Waals surface area contributed by atoms with Crippen LogP contribution >= 0.6 is 11.3 Å². The number of carbonyl (C=O) groups is 1. The number of nitro benzene ring substituents is 1. The van der Waals surface area contributed by atoms with Crippen molar-refractivity contribution in [2.45, 2.75) is 39.3 Å². The van der Waals surface area contributed by atoms with Crippen LogP contribution in [-0.2, 0) is 16.1 Å². The first-order valence-corrected chi connectivity index (χ1v) is 15.5. The Kier molecular flexibility index (Phi) is 9.97. The number of carbonyl (C=O) groups excluding carboxylic acids is 1. The van der Waals surface area contributed by atoms with Crippen LogP contribution in [0.5, 0.6) is 17.2 Å². The molecular formula is C34H33N3O8S. The van der Waals surface area contributed by atoms with E-state index < -0.39 is 16.9 Å². The Morgan fingerprint density at radius 1 is 1.04 bits per heavy atom. The molecule has 0 bridgehead atoms. The lowest BCUT2D eigenvalue weighted by molar-refractivity contribution is -0.384. The maximum absolute atomic E-state index is 14.2. The zero-order valence-electron chi connectivity index (χ0n) is 25.8. The van der Waals surface area contributed by atoms with Gasteiger partial charge in [0.1, 0.15) is 29.9 Å². The molecule has 0 fully saturated rings. The van der Waals surface area contributed by atoms with E-state index in [-0.39, 0.29) is 30.0 Å². The molecule has 238 valence electrons. The molecule has 0 spiro atoms. The Bertz CT molecular complexity index is 1980.